The lowest BCUT2D eigenvalue weighted by molar-refractivity contribution is -0.131. The van der Waals surface area contributed by atoms with Gasteiger partial charge in [-0.15, -0.1) is 0 Å². The Hall–Kier alpha value is -1.34. The van der Waals surface area contributed by atoms with Crippen LogP contribution in [0.1, 0.15) is 11.6 Å². The van der Waals surface area contributed by atoms with Crippen molar-refractivity contribution in [1.29, 1.82) is 0 Å². The highest BCUT2D eigenvalue weighted by atomic mass is 35.5. The number of hydrogen-bond donors (Lipinski definition) is 2. The van der Waals surface area contributed by atoms with Crippen molar-refractivity contribution < 1.29 is 22.4 Å². The Bertz CT molecular complexity index is 450. The largest absolute Gasteiger partial charge is 0.401 e. The number of halogens is 5. The first-order valence-electron chi connectivity index (χ1n) is 4.75. The van der Waals surface area contributed by atoms with E-state index in [-0.39, 0.29) is 10.6 Å². The van der Waals surface area contributed by atoms with Crippen LogP contribution in [0.15, 0.2) is 18.2 Å². The van der Waals surface area contributed by atoms with Crippen molar-refractivity contribution in [2.24, 2.45) is 5.73 Å². The minimum absolute atomic E-state index is 0.0893. The summed E-state index contributed by atoms with van der Waals surface area (Å²) in [5, 5.41) is 1.93. The van der Waals surface area contributed by atoms with Crippen molar-refractivity contribution >= 4 is 17.5 Å². The average Bonchev–Trinajstić information content (AvgIpc) is 2.21. The Labute approximate surface area is 105 Å². The van der Waals surface area contributed by atoms with Crippen molar-refractivity contribution in [3.8, 4) is 0 Å². The smallest absolute Gasteiger partial charge is 0.368 e. The maximum Gasteiger partial charge on any atom is 0.401 e. The molecule has 1 unspecified atom stereocenters. The third kappa shape index (κ3) is 4.15. The van der Waals surface area contributed by atoms with Crippen LogP contribution in [-0.2, 0) is 4.79 Å². The summed E-state index contributed by atoms with van der Waals surface area (Å²) in [4.78, 5) is 11.1. The summed E-state index contributed by atoms with van der Waals surface area (Å²) in [6, 6.07) is 1.62. The fourth-order valence-corrected chi connectivity index (χ4v) is 1.50. The first-order valence-corrected chi connectivity index (χ1v) is 5.13. The molecule has 0 aromatic heterocycles. The van der Waals surface area contributed by atoms with E-state index in [4.69, 9.17) is 17.3 Å². The van der Waals surface area contributed by atoms with E-state index in [1.807, 2.05) is 5.32 Å². The lowest BCUT2D eigenvalue weighted by atomic mass is 10.1. The maximum absolute atomic E-state index is 13.4. The highest BCUT2D eigenvalue weighted by molar-refractivity contribution is 6.30. The number of nitrogens with two attached hydrogens (primary N) is 1. The van der Waals surface area contributed by atoms with Crippen molar-refractivity contribution in [3.05, 3.63) is 34.6 Å². The molecule has 1 amide bonds. The summed E-state index contributed by atoms with van der Waals surface area (Å²) in [5.74, 6) is -1.99. The summed E-state index contributed by atoms with van der Waals surface area (Å²) < 4.78 is 49.5. The van der Waals surface area contributed by atoms with Crippen LogP contribution in [0.4, 0.5) is 17.6 Å². The van der Waals surface area contributed by atoms with E-state index in [1.165, 1.54) is 6.07 Å². The summed E-state index contributed by atoms with van der Waals surface area (Å²) >= 11 is 5.59. The number of alkyl halides is 3. The lowest BCUT2D eigenvalue weighted by Gasteiger charge is -2.17. The highest BCUT2D eigenvalue weighted by Crippen LogP contribution is 2.22. The average molecular weight is 285 g/mol. The number of carbonyl (C=O) groups is 1. The molecular weight excluding hydrogens is 276 g/mol. The van der Waals surface area contributed by atoms with Crippen molar-refractivity contribution in [1.82, 2.24) is 5.32 Å². The van der Waals surface area contributed by atoms with E-state index in [0.29, 0.717) is 0 Å². The zero-order chi connectivity index (χ0) is 13.9. The monoisotopic (exact) mass is 284 g/mol. The molecule has 1 aromatic rings. The molecule has 8 heteroatoms. The van der Waals surface area contributed by atoms with Crippen LogP contribution in [0.2, 0.25) is 5.02 Å². The molecule has 3 nitrogen and oxygen atoms in total. The molecule has 0 spiro atoms. The Balaban J connectivity index is 2.98. The van der Waals surface area contributed by atoms with Crippen LogP contribution < -0.4 is 11.1 Å². The Morgan fingerprint density at radius 3 is 2.56 bits per heavy atom. The highest BCUT2D eigenvalue weighted by Gasteiger charge is 2.31. The number of benzene rings is 1. The summed E-state index contributed by atoms with van der Waals surface area (Å²) in [6.07, 6.45) is -4.54. The van der Waals surface area contributed by atoms with Gasteiger partial charge in [0.25, 0.3) is 0 Å². The van der Waals surface area contributed by atoms with Gasteiger partial charge in [0, 0.05) is 10.6 Å². The van der Waals surface area contributed by atoms with E-state index in [2.05, 4.69) is 0 Å². The molecule has 3 N–H and O–H groups in total. The first-order chi connectivity index (χ1) is 8.20. The molecule has 0 saturated carbocycles. The Kier molecular flexibility index (Phi) is 4.53. The molecule has 0 aliphatic rings. The van der Waals surface area contributed by atoms with Crippen LogP contribution in [0.3, 0.4) is 0 Å². The number of hydrogen-bond acceptors (Lipinski definition) is 2. The van der Waals surface area contributed by atoms with E-state index >= 15 is 0 Å². The number of rotatable bonds is 4. The molecule has 0 radical (unpaired) electrons. The lowest BCUT2D eigenvalue weighted by Crippen LogP contribution is -2.39. The Morgan fingerprint density at radius 1 is 1.44 bits per heavy atom. The van der Waals surface area contributed by atoms with Crippen molar-refractivity contribution in [3.63, 3.8) is 0 Å². The van der Waals surface area contributed by atoms with E-state index in [9.17, 15) is 22.4 Å². The van der Waals surface area contributed by atoms with E-state index < -0.39 is 30.5 Å². The molecule has 0 heterocycles. The van der Waals surface area contributed by atoms with Gasteiger partial charge in [-0.3, -0.25) is 10.1 Å². The molecule has 1 aromatic carbocycles. The second-order valence-corrected chi connectivity index (χ2v) is 3.93. The van der Waals surface area contributed by atoms with Gasteiger partial charge in [-0.25, -0.2) is 4.39 Å². The van der Waals surface area contributed by atoms with Crippen molar-refractivity contribution in [2.45, 2.75) is 12.2 Å². The molecule has 0 saturated heterocycles. The van der Waals surface area contributed by atoms with Gasteiger partial charge in [0.05, 0.1) is 6.54 Å². The third-order valence-electron chi connectivity index (χ3n) is 2.06. The van der Waals surface area contributed by atoms with Gasteiger partial charge in [-0.05, 0) is 18.2 Å². The van der Waals surface area contributed by atoms with Crippen molar-refractivity contribution in [2.75, 3.05) is 6.54 Å². The quantitative estimate of drug-likeness (QED) is 0.833. The van der Waals surface area contributed by atoms with Gasteiger partial charge in [0.2, 0.25) is 5.91 Å². The topological polar surface area (TPSA) is 55.1 Å². The summed E-state index contributed by atoms with van der Waals surface area (Å²) in [5.41, 5.74) is 4.62. The number of amides is 1. The standard InChI is InChI=1S/C10H9ClF4N2O/c11-5-1-2-7(12)6(3-5)8(9(16)18)17-4-10(13,14)15/h1-3,8,17H,4H2,(H2,16,18). The molecular formula is C10H9ClF4N2O. The number of primary amides is 1. The second-order valence-electron chi connectivity index (χ2n) is 3.50. The molecule has 1 rings (SSSR count). The van der Waals surface area contributed by atoms with E-state index in [0.717, 1.165) is 12.1 Å². The predicted molar refractivity (Wildman–Crippen MR) is 57.4 cm³/mol. The molecule has 100 valence electrons. The summed E-state index contributed by atoms with van der Waals surface area (Å²) in [7, 11) is 0. The molecule has 0 fully saturated rings. The van der Waals surface area contributed by atoms with Crippen LogP contribution in [0, 0.1) is 5.82 Å². The molecule has 0 aliphatic heterocycles. The van der Waals surface area contributed by atoms with Gasteiger partial charge in [0.1, 0.15) is 11.9 Å². The molecule has 0 bridgehead atoms. The number of nitrogens with one attached hydrogen (secondary N) is 1. The second kappa shape index (κ2) is 5.53. The number of carbonyl (C=O) groups excluding carboxylic acids is 1. The third-order valence-corrected chi connectivity index (χ3v) is 2.30. The van der Waals surface area contributed by atoms with Crippen LogP contribution in [0.25, 0.3) is 0 Å². The van der Waals surface area contributed by atoms with Crippen LogP contribution >= 0.6 is 11.6 Å². The molecule has 1 atom stereocenters. The Morgan fingerprint density at radius 2 is 2.06 bits per heavy atom. The zero-order valence-electron chi connectivity index (χ0n) is 8.89. The van der Waals surface area contributed by atoms with E-state index in [1.54, 1.807) is 0 Å². The zero-order valence-corrected chi connectivity index (χ0v) is 9.65. The van der Waals surface area contributed by atoms with Crippen LogP contribution in [-0.4, -0.2) is 18.6 Å². The van der Waals surface area contributed by atoms with Crippen LogP contribution in [0.5, 0.6) is 0 Å². The minimum Gasteiger partial charge on any atom is -0.368 e. The normalized spacial score (nSPS) is 13.4. The summed E-state index contributed by atoms with van der Waals surface area (Å²) in [6.45, 7) is -1.47. The predicted octanol–water partition coefficient (Wildman–Crippen LogP) is 2.16. The maximum atomic E-state index is 13.4. The van der Waals surface area contributed by atoms with Gasteiger partial charge in [-0.2, -0.15) is 13.2 Å². The fourth-order valence-electron chi connectivity index (χ4n) is 1.32. The van der Waals surface area contributed by atoms with Gasteiger partial charge in [0.15, 0.2) is 0 Å². The fraction of sp³-hybridized carbons (Fsp3) is 0.300. The minimum atomic E-state index is -4.54. The first kappa shape index (κ1) is 14.7. The van der Waals surface area contributed by atoms with Gasteiger partial charge in [-0.1, -0.05) is 11.6 Å². The molecule has 18 heavy (non-hydrogen) atoms. The SMILES string of the molecule is NC(=O)C(NCC(F)(F)F)c1cc(Cl)ccc1F. The van der Waals surface area contributed by atoms with Gasteiger partial charge >= 0.3 is 6.18 Å². The van der Waals surface area contributed by atoms with Gasteiger partial charge < -0.3 is 5.73 Å². The molecule has 0 aliphatic carbocycles.